The quantitative estimate of drug-likeness (QED) is 0.0950. The normalized spacial score (nSPS) is 12.1. The van der Waals surface area contributed by atoms with Gasteiger partial charge in [-0.25, -0.2) is 4.79 Å². The van der Waals surface area contributed by atoms with Crippen molar-refractivity contribution in [3.8, 4) is 0 Å². The first kappa shape index (κ1) is 35.3. The molecular formula is C31H61NO3S. The molecule has 0 saturated heterocycles. The summed E-state index contributed by atoms with van der Waals surface area (Å²) in [6.07, 6.45) is 34.2. The van der Waals surface area contributed by atoms with Crippen LogP contribution in [0, 0.1) is 0 Å². The van der Waals surface area contributed by atoms with Gasteiger partial charge in [0.1, 0.15) is 6.04 Å². The second kappa shape index (κ2) is 28.9. The van der Waals surface area contributed by atoms with Crippen LogP contribution in [0.15, 0.2) is 0 Å². The second-order valence-electron chi connectivity index (χ2n) is 10.8. The van der Waals surface area contributed by atoms with Crippen LogP contribution in [0.2, 0.25) is 0 Å². The summed E-state index contributed by atoms with van der Waals surface area (Å²) in [5.74, 6) is -0.301. The van der Waals surface area contributed by atoms with Crippen LogP contribution >= 0.6 is 11.8 Å². The number of hydrogen-bond acceptors (Lipinski definition) is 3. The molecule has 0 unspecified atom stereocenters. The summed E-state index contributed by atoms with van der Waals surface area (Å²) >= 11 is 1.60. The third-order valence-electron chi connectivity index (χ3n) is 7.25. The molecule has 0 aromatic heterocycles. The molecular weight excluding hydrogens is 466 g/mol. The molecule has 1 atom stereocenters. The SMILES string of the molecule is CCCCCCCCCCCCCCCCCCCCCCCCCC(=O)N[C@@H](CCSC)C(=O)O. The number of carboxylic acid groups (broad SMARTS) is 1. The van der Waals surface area contributed by atoms with Gasteiger partial charge >= 0.3 is 5.97 Å². The number of hydrogen-bond donors (Lipinski definition) is 2. The molecule has 0 spiro atoms. The molecule has 0 fully saturated rings. The van der Waals surface area contributed by atoms with Crippen LogP contribution in [0.25, 0.3) is 0 Å². The van der Waals surface area contributed by atoms with E-state index in [0.29, 0.717) is 12.8 Å². The fraction of sp³-hybridized carbons (Fsp3) is 0.935. The Morgan fingerprint density at radius 3 is 1.25 bits per heavy atom. The number of nitrogens with one attached hydrogen (secondary N) is 1. The Morgan fingerprint density at radius 1 is 0.611 bits per heavy atom. The van der Waals surface area contributed by atoms with Crippen molar-refractivity contribution in [2.45, 2.75) is 173 Å². The van der Waals surface area contributed by atoms with E-state index in [1.54, 1.807) is 11.8 Å². The van der Waals surface area contributed by atoms with Gasteiger partial charge < -0.3 is 10.4 Å². The Bertz CT molecular complexity index is 486. The van der Waals surface area contributed by atoms with E-state index in [4.69, 9.17) is 0 Å². The van der Waals surface area contributed by atoms with Crippen molar-refractivity contribution < 1.29 is 14.7 Å². The minimum atomic E-state index is -0.929. The Balaban J connectivity index is 3.25. The molecule has 0 saturated carbocycles. The van der Waals surface area contributed by atoms with Gasteiger partial charge in [-0.3, -0.25) is 4.79 Å². The van der Waals surface area contributed by atoms with Gasteiger partial charge in [0.15, 0.2) is 0 Å². The van der Waals surface area contributed by atoms with Crippen LogP contribution in [0.5, 0.6) is 0 Å². The first-order valence-electron chi connectivity index (χ1n) is 15.6. The van der Waals surface area contributed by atoms with Crippen molar-refractivity contribution in [2.24, 2.45) is 0 Å². The van der Waals surface area contributed by atoms with Crippen molar-refractivity contribution in [3.63, 3.8) is 0 Å². The van der Waals surface area contributed by atoms with Crippen molar-refractivity contribution in [1.29, 1.82) is 0 Å². The minimum Gasteiger partial charge on any atom is -0.480 e. The second-order valence-corrected chi connectivity index (χ2v) is 11.8. The smallest absolute Gasteiger partial charge is 0.326 e. The molecule has 0 aliphatic rings. The van der Waals surface area contributed by atoms with Crippen LogP contribution in [-0.2, 0) is 9.59 Å². The summed E-state index contributed by atoms with van der Waals surface area (Å²) in [6, 6.07) is -0.741. The zero-order chi connectivity index (χ0) is 26.5. The van der Waals surface area contributed by atoms with E-state index in [9.17, 15) is 14.7 Å². The summed E-state index contributed by atoms with van der Waals surface area (Å²) in [7, 11) is 0. The Hall–Kier alpha value is -0.710. The molecule has 0 rings (SSSR count). The van der Waals surface area contributed by atoms with E-state index in [0.717, 1.165) is 18.6 Å². The Kier molecular flexibility index (Phi) is 28.3. The van der Waals surface area contributed by atoms with Crippen molar-refractivity contribution in [2.75, 3.05) is 12.0 Å². The topological polar surface area (TPSA) is 66.4 Å². The monoisotopic (exact) mass is 527 g/mol. The highest BCUT2D eigenvalue weighted by molar-refractivity contribution is 7.98. The highest BCUT2D eigenvalue weighted by Gasteiger charge is 2.18. The highest BCUT2D eigenvalue weighted by atomic mass is 32.2. The first-order valence-corrected chi connectivity index (χ1v) is 17.0. The molecule has 2 N–H and O–H groups in total. The number of aliphatic carboxylic acids is 1. The van der Waals surface area contributed by atoms with Gasteiger partial charge in [-0.1, -0.05) is 148 Å². The molecule has 36 heavy (non-hydrogen) atoms. The van der Waals surface area contributed by atoms with Crippen LogP contribution in [0.3, 0.4) is 0 Å². The predicted molar refractivity (Wildman–Crippen MR) is 159 cm³/mol. The number of thioether (sulfide) groups is 1. The van der Waals surface area contributed by atoms with E-state index in [1.807, 2.05) is 6.26 Å². The number of rotatable bonds is 29. The standard InChI is InChI=1S/C31H61NO3S/c1-3-4-5-6-7-8-9-10-11-12-13-14-15-16-17-18-19-20-21-22-23-24-25-26-30(33)32-29(31(34)35)27-28-36-2/h29H,3-28H2,1-2H3,(H,32,33)(H,34,35)/t29-/m0/s1. The number of amides is 1. The van der Waals surface area contributed by atoms with E-state index >= 15 is 0 Å². The van der Waals surface area contributed by atoms with Crippen LogP contribution < -0.4 is 5.32 Å². The third kappa shape index (κ3) is 26.4. The third-order valence-corrected chi connectivity index (χ3v) is 7.90. The largest absolute Gasteiger partial charge is 0.480 e. The van der Waals surface area contributed by atoms with Crippen molar-refractivity contribution in [3.05, 3.63) is 0 Å². The first-order chi connectivity index (χ1) is 17.6. The molecule has 1 amide bonds. The molecule has 5 heteroatoms. The summed E-state index contributed by atoms with van der Waals surface area (Å²) in [5, 5.41) is 11.8. The molecule has 0 radical (unpaired) electrons. The average molecular weight is 528 g/mol. The zero-order valence-electron chi connectivity index (χ0n) is 24.1. The minimum absolute atomic E-state index is 0.119. The average Bonchev–Trinajstić information content (AvgIpc) is 2.86. The zero-order valence-corrected chi connectivity index (χ0v) is 25.0. The summed E-state index contributed by atoms with van der Waals surface area (Å²) in [6.45, 7) is 2.29. The summed E-state index contributed by atoms with van der Waals surface area (Å²) < 4.78 is 0. The van der Waals surface area contributed by atoms with Gasteiger partial charge in [-0.2, -0.15) is 11.8 Å². The Morgan fingerprint density at radius 2 is 0.944 bits per heavy atom. The maximum absolute atomic E-state index is 12.0. The number of carbonyl (C=O) groups excluding carboxylic acids is 1. The van der Waals surface area contributed by atoms with Gasteiger partial charge in [0, 0.05) is 6.42 Å². The number of carboxylic acids is 1. The molecule has 0 heterocycles. The number of carbonyl (C=O) groups is 2. The van der Waals surface area contributed by atoms with Crippen LogP contribution in [0.4, 0.5) is 0 Å². The molecule has 214 valence electrons. The van der Waals surface area contributed by atoms with E-state index < -0.39 is 12.0 Å². The lowest BCUT2D eigenvalue weighted by Gasteiger charge is -2.13. The lowest BCUT2D eigenvalue weighted by molar-refractivity contribution is -0.141. The van der Waals surface area contributed by atoms with Crippen LogP contribution in [-0.4, -0.2) is 35.0 Å². The molecule has 0 aliphatic carbocycles. The van der Waals surface area contributed by atoms with E-state index in [1.165, 1.54) is 135 Å². The van der Waals surface area contributed by atoms with Gasteiger partial charge in [0.25, 0.3) is 0 Å². The van der Waals surface area contributed by atoms with Gasteiger partial charge in [0.2, 0.25) is 5.91 Å². The number of unbranched alkanes of at least 4 members (excludes halogenated alkanes) is 22. The lowest BCUT2D eigenvalue weighted by Crippen LogP contribution is -2.41. The van der Waals surface area contributed by atoms with E-state index in [2.05, 4.69) is 12.2 Å². The lowest BCUT2D eigenvalue weighted by atomic mass is 10.0. The van der Waals surface area contributed by atoms with E-state index in [-0.39, 0.29) is 5.91 Å². The van der Waals surface area contributed by atoms with Crippen LogP contribution in [0.1, 0.15) is 167 Å². The molecule has 4 nitrogen and oxygen atoms in total. The maximum atomic E-state index is 12.0. The molecule has 0 aromatic rings. The molecule has 0 aliphatic heterocycles. The molecule has 0 bridgehead atoms. The maximum Gasteiger partial charge on any atom is 0.326 e. The summed E-state index contributed by atoms with van der Waals surface area (Å²) in [4.78, 5) is 23.2. The highest BCUT2D eigenvalue weighted by Crippen LogP contribution is 2.15. The van der Waals surface area contributed by atoms with Gasteiger partial charge in [-0.15, -0.1) is 0 Å². The fourth-order valence-electron chi connectivity index (χ4n) is 4.83. The van der Waals surface area contributed by atoms with Gasteiger partial charge in [-0.05, 0) is 24.9 Å². The Labute approximate surface area is 228 Å². The van der Waals surface area contributed by atoms with Crippen molar-refractivity contribution >= 4 is 23.6 Å². The fourth-order valence-corrected chi connectivity index (χ4v) is 5.30. The predicted octanol–water partition coefficient (Wildman–Crippen LogP) is 9.69. The summed E-state index contributed by atoms with van der Waals surface area (Å²) in [5.41, 5.74) is 0. The van der Waals surface area contributed by atoms with Crippen molar-refractivity contribution in [1.82, 2.24) is 5.32 Å². The van der Waals surface area contributed by atoms with Gasteiger partial charge in [0.05, 0.1) is 0 Å². The molecule has 0 aromatic carbocycles.